The van der Waals surface area contributed by atoms with Crippen molar-refractivity contribution >= 4 is 11.6 Å². The van der Waals surface area contributed by atoms with Gasteiger partial charge in [-0.05, 0) is 19.1 Å². The van der Waals surface area contributed by atoms with Crippen molar-refractivity contribution in [1.82, 2.24) is 0 Å². The number of anilines is 1. The van der Waals surface area contributed by atoms with E-state index in [4.69, 9.17) is 4.74 Å². The van der Waals surface area contributed by atoms with E-state index in [1.807, 2.05) is 0 Å². The minimum Gasteiger partial charge on any atom is -0.492 e. The molecule has 16 heavy (non-hydrogen) atoms. The summed E-state index contributed by atoms with van der Waals surface area (Å²) in [6.45, 7) is 2.00. The van der Waals surface area contributed by atoms with Crippen LogP contribution in [-0.4, -0.2) is 18.7 Å². The smallest absolute Gasteiger partial charge is 0.471 e. The SMILES string of the molecule is CCOc1ccccc1NC(=O)C(F)(F)F. The number of carbonyl (C=O) groups excluding carboxylic acids is 1. The van der Waals surface area contributed by atoms with Crippen LogP contribution in [-0.2, 0) is 4.79 Å². The summed E-state index contributed by atoms with van der Waals surface area (Å²) in [5.41, 5.74) is 0.00618. The average molecular weight is 233 g/mol. The van der Waals surface area contributed by atoms with Crippen molar-refractivity contribution in [3.63, 3.8) is 0 Å². The Balaban J connectivity index is 2.84. The Bertz CT molecular complexity index is 377. The molecule has 0 unspecified atom stereocenters. The summed E-state index contributed by atoms with van der Waals surface area (Å²) < 4.78 is 41.1. The molecule has 0 saturated heterocycles. The Morgan fingerprint density at radius 2 is 2.00 bits per heavy atom. The van der Waals surface area contributed by atoms with Crippen molar-refractivity contribution < 1.29 is 22.7 Å². The van der Waals surface area contributed by atoms with E-state index in [-0.39, 0.29) is 11.4 Å². The van der Waals surface area contributed by atoms with Gasteiger partial charge >= 0.3 is 12.1 Å². The van der Waals surface area contributed by atoms with Gasteiger partial charge in [0.1, 0.15) is 5.75 Å². The summed E-state index contributed by atoms with van der Waals surface area (Å²) in [4.78, 5) is 10.7. The highest BCUT2D eigenvalue weighted by atomic mass is 19.4. The lowest BCUT2D eigenvalue weighted by molar-refractivity contribution is -0.167. The minimum absolute atomic E-state index is 0.00618. The maximum atomic E-state index is 12.0. The van der Waals surface area contributed by atoms with Crippen molar-refractivity contribution in [2.24, 2.45) is 0 Å². The number of carbonyl (C=O) groups is 1. The molecule has 0 aliphatic carbocycles. The Morgan fingerprint density at radius 1 is 1.38 bits per heavy atom. The second kappa shape index (κ2) is 4.87. The van der Waals surface area contributed by atoms with Crippen molar-refractivity contribution in [2.45, 2.75) is 13.1 Å². The lowest BCUT2D eigenvalue weighted by Crippen LogP contribution is -2.30. The van der Waals surface area contributed by atoms with Crippen LogP contribution >= 0.6 is 0 Å². The third-order valence-electron chi connectivity index (χ3n) is 1.69. The summed E-state index contributed by atoms with van der Waals surface area (Å²) in [6, 6.07) is 5.94. The fourth-order valence-electron chi connectivity index (χ4n) is 1.04. The molecule has 1 aromatic carbocycles. The average Bonchev–Trinajstić information content (AvgIpc) is 2.20. The van der Waals surface area contributed by atoms with Gasteiger partial charge in [0, 0.05) is 0 Å². The van der Waals surface area contributed by atoms with E-state index in [1.54, 1.807) is 18.3 Å². The van der Waals surface area contributed by atoms with Crippen LogP contribution < -0.4 is 10.1 Å². The first kappa shape index (κ1) is 12.4. The zero-order valence-electron chi connectivity index (χ0n) is 8.47. The maximum absolute atomic E-state index is 12.0. The molecule has 3 nitrogen and oxygen atoms in total. The molecule has 1 amide bonds. The largest absolute Gasteiger partial charge is 0.492 e. The Labute approximate surface area is 90.2 Å². The van der Waals surface area contributed by atoms with Crippen LogP contribution in [0, 0.1) is 0 Å². The third kappa shape index (κ3) is 3.15. The van der Waals surface area contributed by atoms with E-state index in [9.17, 15) is 18.0 Å². The van der Waals surface area contributed by atoms with Gasteiger partial charge in [-0.25, -0.2) is 0 Å². The Hall–Kier alpha value is -1.72. The van der Waals surface area contributed by atoms with Crippen LogP contribution in [0.1, 0.15) is 6.92 Å². The molecule has 0 atom stereocenters. The van der Waals surface area contributed by atoms with Gasteiger partial charge < -0.3 is 10.1 Å². The number of hydrogen-bond acceptors (Lipinski definition) is 2. The minimum atomic E-state index is -4.90. The zero-order chi connectivity index (χ0) is 12.2. The second-order valence-electron chi connectivity index (χ2n) is 2.88. The van der Waals surface area contributed by atoms with E-state index in [0.717, 1.165) is 0 Å². The first-order valence-electron chi connectivity index (χ1n) is 4.55. The van der Waals surface area contributed by atoms with Crippen LogP contribution in [0.5, 0.6) is 5.75 Å². The number of benzene rings is 1. The molecule has 0 aliphatic heterocycles. The molecule has 0 aliphatic rings. The lowest BCUT2D eigenvalue weighted by Gasteiger charge is -2.12. The number of halogens is 3. The van der Waals surface area contributed by atoms with E-state index in [2.05, 4.69) is 0 Å². The number of alkyl halides is 3. The fourth-order valence-corrected chi connectivity index (χ4v) is 1.04. The number of amides is 1. The van der Waals surface area contributed by atoms with Crippen LogP contribution in [0.4, 0.5) is 18.9 Å². The monoisotopic (exact) mass is 233 g/mol. The molecule has 0 saturated carbocycles. The maximum Gasteiger partial charge on any atom is 0.471 e. The van der Waals surface area contributed by atoms with E-state index in [1.165, 1.54) is 18.2 Å². The lowest BCUT2D eigenvalue weighted by atomic mass is 10.3. The predicted molar refractivity (Wildman–Crippen MR) is 52.3 cm³/mol. The molecular weight excluding hydrogens is 223 g/mol. The standard InChI is InChI=1S/C10H10F3NO2/c1-2-16-8-6-4-3-5-7(8)14-9(15)10(11,12)13/h3-6H,2H2,1H3,(H,14,15). The summed E-state index contributed by atoms with van der Waals surface area (Å²) in [5, 5.41) is 1.75. The summed E-state index contributed by atoms with van der Waals surface area (Å²) in [7, 11) is 0. The van der Waals surface area contributed by atoms with Crippen LogP contribution in [0.15, 0.2) is 24.3 Å². The van der Waals surface area contributed by atoms with Gasteiger partial charge in [-0.1, -0.05) is 12.1 Å². The van der Waals surface area contributed by atoms with Gasteiger partial charge in [0.25, 0.3) is 0 Å². The summed E-state index contributed by atoms with van der Waals surface area (Å²) in [6.07, 6.45) is -4.90. The van der Waals surface area contributed by atoms with E-state index >= 15 is 0 Å². The summed E-state index contributed by atoms with van der Waals surface area (Å²) in [5.74, 6) is -1.80. The topological polar surface area (TPSA) is 38.3 Å². The van der Waals surface area contributed by atoms with Gasteiger partial charge in [-0.15, -0.1) is 0 Å². The molecule has 0 spiro atoms. The number of nitrogens with one attached hydrogen (secondary N) is 1. The predicted octanol–water partition coefficient (Wildman–Crippen LogP) is 2.59. The molecule has 0 bridgehead atoms. The van der Waals surface area contributed by atoms with Crippen molar-refractivity contribution in [3.05, 3.63) is 24.3 Å². The van der Waals surface area contributed by atoms with Crippen LogP contribution in [0.25, 0.3) is 0 Å². The number of rotatable bonds is 3. The number of ether oxygens (including phenoxy) is 1. The Kier molecular flexibility index (Phi) is 3.76. The third-order valence-corrected chi connectivity index (χ3v) is 1.69. The van der Waals surface area contributed by atoms with E-state index < -0.39 is 12.1 Å². The summed E-state index contributed by atoms with van der Waals surface area (Å²) >= 11 is 0. The number of hydrogen-bond donors (Lipinski definition) is 1. The first-order chi connectivity index (χ1) is 7.45. The first-order valence-corrected chi connectivity index (χ1v) is 4.55. The van der Waals surface area contributed by atoms with E-state index in [0.29, 0.717) is 6.61 Å². The molecule has 1 N–H and O–H groups in total. The fraction of sp³-hybridized carbons (Fsp3) is 0.300. The molecule has 6 heteroatoms. The van der Waals surface area contributed by atoms with Gasteiger partial charge in [-0.2, -0.15) is 13.2 Å². The molecule has 0 heterocycles. The van der Waals surface area contributed by atoms with Gasteiger partial charge in [-0.3, -0.25) is 4.79 Å². The van der Waals surface area contributed by atoms with Crippen molar-refractivity contribution in [2.75, 3.05) is 11.9 Å². The Morgan fingerprint density at radius 3 is 2.56 bits per heavy atom. The molecular formula is C10H10F3NO2. The number of para-hydroxylation sites is 2. The molecule has 1 rings (SSSR count). The highest BCUT2D eigenvalue weighted by Gasteiger charge is 2.39. The second-order valence-corrected chi connectivity index (χ2v) is 2.88. The van der Waals surface area contributed by atoms with Crippen LogP contribution in [0.3, 0.4) is 0 Å². The molecule has 0 radical (unpaired) electrons. The normalized spacial score (nSPS) is 11.0. The highest BCUT2D eigenvalue weighted by Crippen LogP contribution is 2.26. The van der Waals surface area contributed by atoms with Gasteiger partial charge in [0.05, 0.1) is 12.3 Å². The zero-order valence-corrected chi connectivity index (χ0v) is 8.47. The quantitative estimate of drug-likeness (QED) is 0.871. The van der Waals surface area contributed by atoms with Gasteiger partial charge in [0.2, 0.25) is 0 Å². The van der Waals surface area contributed by atoms with Crippen LogP contribution in [0.2, 0.25) is 0 Å². The molecule has 0 aromatic heterocycles. The highest BCUT2D eigenvalue weighted by molar-refractivity contribution is 5.96. The molecule has 88 valence electrons. The van der Waals surface area contributed by atoms with Crippen molar-refractivity contribution in [1.29, 1.82) is 0 Å². The van der Waals surface area contributed by atoms with Gasteiger partial charge in [0.15, 0.2) is 0 Å². The van der Waals surface area contributed by atoms with Crippen molar-refractivity contribution in [3.8, 4) is 5.75 Å². The molecule has 0 fully saturated rings. The molecule has 1 aromatic rings.